The quantitative estimate of drug-likeness (QED) is 0.697. The van der Waals surface area contributed by atoms with Crippen molar-refractivity contribution in [2.24, 2.45) is 7.05 Å². The van der Waals surface area contributed by atoms with Gasteiger partial charge in [0.1, 0.15) is 23.2 Å². The third-order valence-corrected chi connectivity index (χ3v) is 5.51. The molecule has 1 saturated heterocycles. The molecule has 0 unspecified atom stereocenters. The van der Waals surface area contributed by atoms with Gasteiger partial charge in [0.2, 0.25) is 5.71 Å². The molecular weight excluding hydrogens is 358 g/mol. The van der Waals surface area contributed by atoms with Crippen molar-refractivity contribution in [3.8, 4) is 5.75 Å². The van der Waals surface area contributed by atoms with Crippen molar-refractivity contribution in [3.63, 3.8) is 0 Å². The van der Waals surface area contributed by atoms with Crippen LogP contribution in [0.4, 0.5) is 0 Å². The average molecular weight is 381 g/mol. The Morgan fingerprint density at radius 1 is 1.29 bits per heavy atom. The summed E-state index contributed by atoms with van der Waals surface area (Å²) in [7, 11) is 3.28. The molecule has 1 aromatic carbocycles. The monoisotopic (exact) mass is 381 g/mol. The van der Waals surface area contributed by atoms with E-state index in [4.69, 9.17) is 9.15 Å². The highest BCUT2D eigenvalue weighted by atomic mass is 16.5. The van der Waals surface area contributed by atoms with Crippen LogP contribution in [0.2, 0.25) is 0 Å². The topological polar surface area (TPSA) is 77.6 Å². The van der Waals surface area contributed by atoms with E-state index in [2.05, 4.69) is 17.1 Å². The van der Waals surface area contributed by atoms with Gasteiger partial charge in [0, 0.05) is 20.1 Å². The van der Waals surface area contributed by atoms with Crippen LogP contribution in [-0.4, -0.2) is 40.6 Å². The molecule has 3 aromatic rings. The summed E-state index contributed by atoms with van der Waals surface area (Å²) in [6, 6.07) is 8.10. The molecule has 1 fully saturated rings. The maximum absolute atomic E-state index is 13.2. The first kappa shape index (κ1) is 18.3. The Kier molecular flexibility index (Phi) is 4.66. The standard InChI is InChI=1S/C21H23N3O4/c1-13-17(18-19(28-13)22-12-23(2)20(18)25)21(26)24-9-7-14(8-10-24)15-5-4-6-16(11-15)27-3/h4-6,11-12,14H,7-10H2,1-3H3. The molecule has 1 aliphatic heterocycles. The summed E-state index contributed by atoms with van der Waals surface area (Å²) < 4.78 is 12.3. The molecule has 1 aliphatic rings. The van der Waals surface area contributed by atoms with Gasteiger partial charge < -0.3 is 18.6 Å². The molecule has 0 spiro atoms. The summed E-state index contributed by atoms with van der Waals surface area (Å²) >= 11 is 0. The number of nitrogens with zero attached hydrogens (tertiary/aromatic N) is 3. The van der Waals surface area contributed by atoms with Gasteiger partial charge in [-0.05, 0) is 43.4 Å². The molecule has 28 heavy (non-hydrogen) atoms. The number of benzene rings is 1. The SMILES string of the molecule is COc1cccc(C2CCN(C(=O)c3c(C)oc4ncn(C)c(=O)c34)CC2)c1. The number of hydrogen-bond donors (Lipinski definition) is 0. The van der Waals surface area contributed by atoms with Crippen molar-refractivity contribution in [1.29, 1.82) is 0 Å². The summed E-state index contributed by atoms with van der Waals surface area (Å²) in [5.74, 6) is 1.51. The van der Waals surface area contributed by atoms with E-state index >= 15 is 0 Å². The second kappa shape index (κ2) is 7.14. The second-order valence-corrected chi connectivity index (χ2v) is 7.22. The number of amides is 1. The van der Waals surface area contributed by atoms with Crippen molar-refractivity contribution in [3.05, 3.63) is 57.8 Å². The summed E-state index contributed by atoms with van der Waals surface area (Å²) in [5, 5.41) is 0.266. The number of methoxy groups -OCH3 is 1. The van der Waals surface area contributed by atoms with Crippen LogP contribution in [0, 0.1) is 6.92 Å². The minimum atomic E-state index is -0.267. The largest absolute Gasteiger partial charge is 0.497 e. The number of aromatic nitrogens is 2. The second-order valence-electron chi connectivity index (χ2n) is 7.22. The van der Waals surface area contributed by atoms with Crippen LogP contribution in [0.15, 0.2) is 39.8 Å². The highest BCUT2D eigenvalue weighted by Gasteiger charge is 2.29. The van der Waals surface area contributed by atoms with Gasteiger partial charge in [0.15, 0.2) is 0 Å². The zero-order chi connectivity index (χ0) is 19.8. The smallest absolute Gasteiger partial charge is 0.265 e. The Labute approximate surface area is 162 Å². The predicted octanol–water partition coefficient (Wildman–Crippen LogP) is 2.86. The minimum Gasteiger partial charge on any atom is -0.497 e. The van der Waals surface area contributed by atoms with Crippen LogP contribution >= 0.6 is 0 Å². The lowest BCUT2D eigenvalue weighted by atomic mass is 9.89. The van der Waals surface area contributed by atoms with Gasteiger partial charge in [-0.3, -0.25) is 9.59 Å². The first-order valence-electron chi connectivity index (χ1n) is 9.37. The molecule has 7 nitrogen and oxygen atoms in total. The third-order valence-electron chi connectivity index (χ3n) is 5.51. The highest BCUT2D eigenvalue weighted by molar-refractivity contribution is 6.06. The van der Waals surface area contributed by atoms with Crippen molar-refractivity contribution in [2.75, 3.05) is 20.2 Å². The fourth-order valence-corrected chi connectivity index (χ4v) is 3.91. The number of likely N-dealkylation sites (tertiary alicyclic amines) is 1. The number of ether oxygens (including phenoxy) is 1. The van der Waals surface area contributed by atoms with Crippen LogP contribution in [0.1, 0.15) is 40.4 Å². The van der Waals surface area contributed by atoms with Crippen LogP contribution in [0.3, 0.4) is 0 Å². The molecule has 1 amide bonds. The van der Waals surface area contributed by atoms with Crippen molar-refractivity contribution >= 4 is 17.0 Å². The number of carbonyl (C=O) groups is 1. The van der Waals surface area contributed by atoms with Gasteiger partial charge in [-0.1, -0.05) is 12.1 Å². The lowest BCUT2D eigenvalue weighted by molar-refractivity contribution is 0.0713. The Balaban J connectivity index is 1.56. The van der Waals surface area contributed by atoms with Crippen LogP contribution in [0.5, 0.6) is 5.75 Å². The number of rotatable bonds is 3. The number of piperidine rings is 1. The molecule has 0 N–H and O–H groups in total. The van der Waals surface area contributed by atoms with E-state index in [9.17, 15) is 9.59 Å². The highest BCUT2D eigenvalue weighted by Crippen LogP contribution is 2.31. The maximum atomic E-state index is 13.2. The molecule has 2 aromatic heterocycles. The van der Waals surface area contributed by atoms with E-state index < -0.39 is 0 Å². The molecule has 146 valence electrons. The molecule has 3 heterocycles. The number of furan rings is 1. The molecule has 0 saturated carbocycles. The molecule has 4 rings (SSSR count). The lowest BCUT2D eigenvalue weighted by Gasteiger charge is -2.32. The lowest BCUT2D eigenvalue weighted by Crippen LogP contribution is -2.38. The van der Waals surface area contributed by atoms with Gasteiger partial charge in [-0.2, -0.15) is 0 Å². The zero-order valence-corrected chi connectivity index (χ0v) is 16.3. The van der Waals surface area contributed by atoms with E-state index in [1.807, 2.05) is 12.1 Å². The summed E-state index contributed by atoms with van der Waals surface area (Å²) in [4.78, 5) is 31.6. The van der Waals surface area contributed by atoms with Crippen molar-refractivity contribution < 1.29 is 13.9 Å². The van der Waals surface area contributed by atoms with Gasteiger partial charge in [-0.15, -0.1) is 0 Å². The van der Waals surface area contributed by atoms with Crippen molar-refractivity contribution in [1.82, 2.24) is 14.5 Å². The van der Waals surface area contributed by atoms with Gasteiger partial charge >= 0.3 is 0 Å². The molecular formula is C21H23N3O4. The molecule has 0 aliphatic carbocycles. The minimum absolute atomic E-state index is 0.162. The number of fused-ring (bicyclic) bond motifs is 1. The molecule has 7 heteroatoms. The fourth-order valence-electron chi connectivity index (χ4n) is 3.91. The Morgan fingerprint density at radius 2 is 2.04 bits per heavy atom. The predicted molar refractivity (Wildman–Crippen MR) is 105 cm³/mol. The van der Waals surface area contributed by atoms with Gasteiger partial charge in [0.25, 0.3) is 11.5 Å². The Hall–Kier alpha value is -3.09. The van der Waals surface area contributed by atoms with E-state index in [0.29, 0.717) is 30.3 Å². The van der Waals surface area contributed by atoms with E-state index in [0.717, 1.165) is 18.6 Å². The van der Waals surface area contributed by atoms with E-state index in [1.165, 1.54) is 16.5 Å². The Bertz CT molecular complexity index is 1090. The van der Waals surface area contributed by atoms with Gasteiger partial charge in [-0.25, -0.2) is 4.98 Å². The number of carbonyl (C=O) groups excluding carboxylic acids is 1. The molecule has 0 radical (unpaired) electrons. The fraction of sp³-hybridized carbons (Fsp3) is 0.381. The summed E-state index contributed by atoms with van der Waals surface area (Å²) in [6.07, 6.45) is 3.13. The zero-order valence-electron chi connectivity index (χ0n) is 16.3. The maximum Gasteiger partial charge on any atom is 0.265 e. The average Bonchev–Trinajstić information content (AvgIpc) is 3.07. The first-order valence-corrected chi connectivity index (χ1v) is 9.37. The van der Waals surface area contributed by atoms with Crippen molar-refractivity contribution in [2.45, 2.75) is 25.7 Å². The number of hydrogen-bond acceptors (Lipinski definition) is 5. The Morgan fingerprint density at radius 3 is 2.75 bits per heavy atom. The van der Waals surface area contributed by atoms with E-state index in [1.54, 1.807) is 26.0 Å². The molecule has 0 bridgehead atoms. The molecule has 0 atom stereocenters. The third kappa shape index (κ3) is 3.06. The number of aryl methyl sites for hydroxylation is 2. The van der Waals surface area contributed by atoms with Crippen LogP contribution in [0.25, 0.3) is 11.1 Å². The summed E-state index contributed by atoms with van der Waals surface area (Å²) in [5.41, 5.74) is 1.52. The normalized spacial score (nSPS) is 15.2. The van der Waals surface area contributed by atoms with Gasteiger partial charge in [0.05, 0.1) is 12.7 Å². The van der Waals surface area contributed by atoms with Crippen LogP contribution in [-0.2, 0) is 7.05 Å². The van der Waals surface area contributed by atoms with E-state index in [-0.39, 0.29) is 22.6 Å². The van der Waals surface area contributed by atoms with Crippen LogP contribution < -0.4 is 10.3 Å². The first-order chi connectivity index (χ1) is 13.5. The summed E-state index contributed by atoms with van der Waals surface area (Å²) in [6.45, 7) is 2.97.